The smallest absolute Gasteiger partial charge is 0.175 e. The zero-order valence-electron chi connectivity index (χ0n) is 11.0. The summed E-state index contributed by atoms with van der Waals surface area (Å²) in [5, 5.41) is 3.32. The van der Waals surface area contributed by atoms with Crippen molar-refractivity contribution in [2.24, 2.45) is 0 Å². The van der Waals surface area contributed by atoms with Crippen LogP contribution < -0.4 is 5.32 Å². The number of sulfone groups is 1. The minimum atomic E-state index is -3.14. The first-order valence-corrected chi connectivity index (χ1v) is 9.06. The van der Waals surface area contributed by atoms with Gasteiger partial charge in [0.05, 0.1) is 4.90 Å². The quantitative estimate of drug-likeness (QED) is 0.892. The Labute approximate surface area is 123 Å². The molecule has 1 aromatic carbocycles. The molecule has 0 aromatic heterocycles. The number of piperazine rings is 1. The third kappa shape index (κ3) is 4.56. The highest BCUT2D eigenvalue weighted by atomic mass is 79.9. The van der Waals surface area contributed by atoms with Gasteiger partial charge in [0.15, 0.2) is 9.84 Å². The summed E-state index contributed by atoms with van der Waals surface area (Å²) >= 11 is 3.38. The molecule has 2 rings (SSSR count). The molecule has 0 aliphatic carbocycles. The summed E-state index contributed by atoms with van der Waals surface area (Å²) in [6.07, 6.45) is 2.12. The van der Waals surface area contributed by atoms with Gasteiger partial charge in [-0.15, -0.1) is 0 Å². The molecule has 106 valence electrons. The molecule has 19 heavy (non-hydrogen) atoms. The van der Waals surface area contributed by atoms with Crippen LogP contribution in [-0.2, 0) is 16.3 Å². The third-order valence-corrected chi connectivity index (χ3v) is 4.84. The van der Waals surface area contributed by atoms with Crippen molar-refractivity contribution in [1.29, 1.82) is 0 Å². The maximum Gasteiger partial charge on any atom is 0.175 e. The van der Waals surface area contributed by atoms with E-state index in [4.69, 9.17) is 0 Å². The van der Waals surface area contributed by atoms with Gasteiger partial charge in [-0.05, 0) is 30.2 Å². The van der Waals surface area contributed by atoms with E-state index in [1.54, 1.807) is 12.1 Å². The highest BCUT2D eigenvalue weighted by molar-refractivity contribution is 9.10. The van der Waals surface area contributed by atoms with Crippen molar-refractivity contribution in [3.8, 4) is 0 Å². The van der Waals surface area contributed by atoms with E-state index in [2.05, 4.69) is 26.1 Å². The van der Waals surface area contributed by atoms with E-state index in [9.17, 15) is 8.42 Å². The molecule has 0 saturated carbocycles. The first-order valence-electron chi connectivity index (χ1n) is 6.38. The number of halogens is 1. The molecule has 0 radical (unpaired) electrons. The number of hydrogen-bond acceptors (Lipinski definition) is 4. The maximum atomic E-state index is 11.6. The van der Waals surface area contributed by atoms with Gasteiger partial charge in [0.25, 0.3) is 0 Å². The predicted octanol–water partition coefficient (Wildman–Crippen LogP) is 1.30. The Hall–Kier alpha value is -0.430. The van der Waals surface area contributed by atoms with Crippen molar-refractivity contribution in [2.75, 3.05) is 39.0 Å². The SMILES string of the molecule is CS(=O)(=O)c1cc(Br)cc(CCN2CCNCC2)c1. The highest BCUT2D eigenvalue weighted by Crippen LogP contribution is 2.20. The standard InChI is InChI=1S/C13H19BrN2O2S/c1-19(17,18)13-9-11(8-12(14)10-13)2-5-16-6-3-15-4-7-16/h8-10,15H,2-7H2,1H3. The van der Waals surface area contributed by atoms with E-state index in [1.165, 1.54) is 6.26 Å². The van der Waals surface area contributed by atoms with Crippen LogP contribution in [0, 0.1) is 0 Å². The van der Waals surface area contributed by atoms with Crippen molar-refractivity contribution < 1.29 is 8.42 Å². The van der Waals surface area contributed by atoms with Crippen LogP contribution in [0.3, 0.4) is 0 Å². The van der Waals surface area contributed by atoms with Crippen molar-refractivity contribution in [3.63, 3.8) is 0 Å². The van der Waals surface area contributed by atoms with Crippen LogP contribution in [0.5, 0.6) is 0 Å². The average Bonchev–Trinajstić information content (AvgIpc) is 2.36. The number of benzene rings is 1. The van der Waals surface area contributed by atoms with Gasteiger partial charge in [-0.1, -0.05) is 15.9 Å². The van der Waals surface area contributed by atoms with E-state index in [-0.39, 0.29) is 0 Å². The summed E-state index contributed by atoms with van der Waals surface area (Å²) in [5.74, 6) is 0. The summed E-state index contributed by atoms with van der Waals surface area (Å²) in [6, 6.07) is 5.43. The number of hydrogen-bond donors (Lipinski definition) is 1. The lowest BCUT2D eigenvalue weighted by molar-refractivity contribution is 0.244. The van der Waals surface area contributed by atoms with Gasteiger partial charge in [0, 0.05) is 43.5 Å². The Morgan fingerprint density at radius 1 is 1.26 bits per heavy atom. The minimum absolute atomic E-state index is 0.386. The zero-order valence-corrected chi connectivity index (χ0v) is 13.4. The summed E-state index contributed by atoms with van der Waals surface area (Å²) < 4.78 is 24.0. The number of rotatable bonds is 4. The fourth-order valence-electron chi connectivity index (χ4n) is 2.20. The van der Waals surface area contributed by atoms with Gasteiger partial charge in [0.1, 0.15) is 0 Å². The van der Waals surface area contributed by atoms with Crippen LogP contribution in [0.25, 0.3) is 0 Å². The molecule has 6 heteroatoms. The van der Waals surface area contributed by atoms with Crippen molar-refractivity contribution in [2.45, 2.75) is 11.3 Å². The monoisotopic (exact) mass is 346 g/mol. The van der Waals surface area contributed by atoms with Crippen molar-refractivity contribution >= 4 is 25.8 Å². The number of nitrogens with zero attached hydrogens (tertiary/aromatic N) is 1. The van der Waals surface area contributed by atoms with E-state index in [1.807, 2.05) is 6.07 Å². The second kappa shape index (κ2) is 6.35. The topological polar surface area (TPSA) is 49.4 Å². The molecule has 1 N–H and O–H groups in total. The molecule has 0 atom stereocenters. The van der Waals surface area contributed by atoms with Gasteiger partial charge in [-0.3, -0.25) is 0 Å². The Bertz CT molecular complexity index is 540. The fourth-order valence-corrected chi connectivity index (χ4v) is 3.60. The third-order valence-electron chi connectivity index (χ3n) is 3.29. The first-order chi connectivity index (χ1) is 8.95. The van der Waals surface area contributed by atoms with Gasteiger partial charge >= 0.3 is 0 Å². The van der Waals surface area contributed by atoms with Crippen LogP contribution in [0.15, 0.2) is 27.6 Å². The van der Waals surface area contributed by atoms with E-state index < -0.39 is 9.84 Å². The summed E-state index contributed by atoms with van der Waals surface area (Å²) in [5.41, 5.74) is 1.06. The van der Waals surface area contributed by atoms with Crippen molar-refractivity contribution in [1.82, 2.24) is 10.2 Å². The minimum Gasteiger partial charge on any atom is -0.314 e. The van der Waals surface area contributed by atoms with Crippen LogP contribution in [0.2, 0.25) is 0 Å². The number of nitrogens with one attached hydrogen (secondary N) is 1. The molecular formula is C13H19BrN2O2S. The maximum absolute atomic E-state index is 11.6. The van der Waals surface area contributed by atoms with Gasteiger partial charge in [0.2, 0.25) is 0 Å². The van der Waals surface area contributed by atoms with Crippen LogP contribution in [0.1, 0.15) is 5.56 Å². The molecule has 4 nitrogen and oxygen atoms in total. The molecule has 1 aromatic rings. The van der Waals surface area contributed by atoms with Gasteiger partial charge in [-0.25, -0.2) is 8.42 Å². The lowest BCUT2D eigenvalue weighted by Gasteiger charge is -2.27. The molecule has 0 spiro atoms. The van der Waals surface area contributed by atoms with E-state index >= 15 is 0 Å². The molecular weight excluding hydrogens is 328 g/mol. The molecule has 0 unspecified atom stereocenters. The predicted molar refractivity (Wildman–Crippen MR) is 80.3 cm³/mol. The lowest BCUT2D eigenvalue weighted by Crippen LogP contribution is -2.44. The normalized spacial score (nSPS) is 17.6. The summed E-state index contributed by atoms with van der Waals surface area (Å²) in [6.45, 7) is 5.17. The highest BCUT2D eigenvalue weighted by Gasteiger charge is 2.12. The largest absolute Gasteiger partial charge is 0.314 e. The Morgan fingerprint density at radius 2 is 1.95 bits per heavy atom. The molecule has 1 heterocycles. The van der Waals surface area contributed by atoms with Crippen LogP contribution in [0.4, 0.5) is 0 Å². The van der Waals surface area contributed by atoms with Gasteiger partial charge in [-0.2, -0.15) is 0 Å². The van der Waals surface area contributed by atoms with E-state index in [0.29, 0.717) is 4.90 Å². The zero-order chi connectivity index (χ0) is 13.9. The van der Waals surface area contributed by atoms with Crippen LogP contribution in [-0.4, -0.2) is 52.3 Å². The second-order valence-corrected chi connectivity index (χ2v) is 7.84. The Kier molecular flexibility index (Phi) is 5.00. The first kappa shape index (κ1) is 15.0. The van der Waals surface area contributed by atoms with Crippen LogP contribution >= 0.6 is 15.9 Å². The molecule has 1 saturated heterocycles. The molecule has 0 bridgehead atoms. The molecule has 0 amide bonds. The van der Waals surface area contributed by atoms with E-state index in [0.717, 1.165) is 49.2 Å². The molecule has 1 aliphatic rings. The molecule has 1 aliphatic heterocycles. The van der Waals surface area contributed by atoms with Crippen molar-refractivity contribution in [3.05, 3.63) is 28.2 Å². The Morgan fingerprint density at radius 3 is 2.58 bits per heavy atom. The fraction of sp³-hybridized carbons (Fsp3) is 0.538. The summed E-state index contributed by atoms with van der Waals surface area (Å²) in [7, 11) is -3.14. The lowest BCUT2D eigenvalue weighted by atomic mass is 10.1. The molecule has 1 fully saturated rings. The van der Waals surface area contributed by atoms with Gasteiger partial charge < -0.3 is 10.2 Å². The summed E-state index contributed by atoms with van der Waals surface area (Å²) in [4.78, 5) is 2.79. The Balaban J connectivity index is 2.05. The second-order valence-electron chi connectivity index (χ2n) is 4.91. The average molecular weight is 347 g/mol.